The fraction of sp³-hybridized carbons (Fsp3) is 0.714. The molecule has 1 aromatic heterocycles. The van der Waals surface area contributed by atoms with Crippen molar-refractivity contribution in [3.05, 3.63) is 18.5 Å². The lowest BCUT2D eigenvalue weighted by atomic mass is 9.84. The van der Waals surface area contributed by atoms with Gasteiger partial charge in [-0.3, -0.25) is 0 Å². The Balaban J connectivity index is 1.55. The minimum absolute atomic E-state index is 0.513. The lowest BCUT2D eigenvalue weighted by Gasteiger charge is -2.34. The van der Waals surface area contributed by atoms with Gasteiger partial charge in [-0.2, -0.15) is 0 Å². The summed E-state index contributed by atoms with van der Waals surface area (Å²) in [6.07, 6.45) is 8.05. The molecule has 0 saturated carbocycles. The third-order valence-corrected chi connectivity index (χ3v) is 5.97. The summed E-state index contributed by atoms with van der Waals surface area (Å²) in [5, 5.41) is 0. The number of aromatic nitrogens is 2. The van der Waals surface area contributed by atoms with E-state index in [0.717, 1.165) is 38.3 Å². The molecule has 0 amide bonds. The minimum Gasteiger partial charge on any atom is -0.341 e. The molecule has 2 aliphatic heterocycles. The zero-order chi connectivity index (χ0) is 14.9. The molecular weight excluding hydrogens is 288 g/mol. The predicted molar refractivity (Wildman–Crippen MR) is 81.5 cm³/mol. The van der Waals surface area contributed by atoms with Crippen molar-refractivity contribution in [2.45, 2.75) is 19.3 Å². The van der Waals surface area contributed by atoms with Gasteiger partial charge in [0.1, 0.15) is 0 Å². The van der Waals surface area contributed by atoms with Crippen molar-refractivity contribution in [3.63, 3.8) is 0 Å². The van der Waals surface area contributed by atoms with E-state index in [1.807, 2.05) is 6.07 Å². The summed E-state index contributed by atoms with van der Waals surface area (Å²) < 4.78 is 24.8. The van der Waals surface area contributed by atoms with Crippen molar-refractivity contribution in [2.24, 2.45) is 11.8 Å². The number of anilines is 1. The highest BCUT2D eigenvalue weighted by Gasteiger charge is 2.35. The van der Waals surface area contributed by atoms with E-state index in [-0.39, 0.29) is 0 Å². The van der Waals surface area contributed by atoms with Crippen LogP contribution < -0.4 is 4.90 Å². The van der Waals surface area contributed by atoms with Crippen molar-refractivity contribution in [1.82, 2.24) is 14.3 Å². The Morgan fingerprint density at radius 1 is 1.05 bits per heavy atom. The Morgan fingerprint density at radius 2 is 1.67 bits per heavy atom. The van der Waals surface area contributed by atoms with Crippen molar-refractivity contribution >= 4 is 16.0 Å². The first-order valence-electron chi connectivity index (χ1n) is 7.51. The van der Waals surface area contributed by atoms with E-state index in [2.05, 4.69) is 14.9 Å². The molecule has 2 aliphatic rings. The number of sulfonamides is 1. The molecule has 21 heavy (non-hydrogen) atoms. The Bertz CT molecular complexity index is 570. The van der Waals surface area contributed by atoms with Crippen molar-refractivity contribution in [2.75, 3.05) is 37.3 Å². The van der Waals surface area contributed by atoms with Gasteiger partial charge in [0.05, 0.1) is 6.26 Å². The van der Waals surface area contributed by atoms with Crippen LogP contribution in [0.2, 0.25) is 0 Å². The topological polar surface area (TPSA) is 66.4 Å². The summed E-state index contributed by atoms with van der Waals surface area (Å²) in [5.41, 5.74) is 0. The third kappa shape index (κ3) is 3.35. The highest BCUT2D eigenvalue weighted by atomic mass is 32.2. The molecule has 7 heteroatoms. The molecule has 1 aromatic rings. The van der Waals surface area contributed by atoms with Crippen LogP contribution in [0.25, 0.3) is 0 Å². The van der Waals surface area contributed by atoms with E-state index < -0.39 is 10.0 Å². The molecule has 0 spiro atoms. The van der Waals surface area contributed by atoms with E-state index in [0.29, 0.717) is 24.9 Å². The maximum atomic E-state index is 11.6. The monoisotopic (exact) mass is 310 g/mol. The normalized spacial score (nSPS) is 25.4. The molecular formula is C14H22N4O2S. The first-order valence-corrected chi connectivity index (χ1v) is 9.36. The average Bonchev–Trinajstić information content (AvgIpc) is 2.98. The summed E-state index contributed by atoms with van der Waals surface area (Å²) in [6.45, 7) is 3.31. The number of piperidine rings is 1. The van der Waals surface area contributed by atoms with Gasteiger partial charge in [0.15, 0.2) is 0 Å². The van der Waals surface area contributed by atoms with Gasteiger partial charge in [0.25, 0.3) is 0 Å². The smallest absolute Gasteiger partial charge is 0.225 e. The van der Waals surface area contributed by atoms with E-state index >= 15 is 0 Å². The minimum atomic E-state index is -3.02. The maximum absolute atomic E-state index is 11.6. The summed E-state index contributed by atoms with van der Waals surface area (Å²) in [7, 11) is -3.02. The van der Waals surface area contributed by atoms with Gasteiger partial charge >= 0.3 is 0 Å². The number of rotatable bonds is 3. The quantitative estimate of drug-likeness (QED) is 0.832. The molecule has 0 N–H and O–H groups in total. The standard InChI is InChI=1S/C14H22N4O2S/c1-21(19,20)18-10-5-13(11-18)12-3-8-17(9-4-12)14-15-6-2-7-16-14/h2,6-7,12-13H,3-5,8-11H2,1H3/t13-/m0/s1. The fourth-order valence-corrected chi connectivity index (χ4v) is 4.36. The van der Waals surface area contributed by atoms with Crippen LogP contribution in [0, 0.1) is 11.8 Å². The third-order valence-electron chi connectivity index (χ3n) is 4.70. The van der Waals surface area contributed by atoms with Gasteiger partial charge in [-0.25, -0.2) is 22.7 Å². The molecule has 116 valence electrons. The molecule has 6 nitrogen and oxygen atoms in total. The Kier molecular flexibility index (Phi) is 4.12. The van der Waals surface area contributed by atoms with Crippen LogP contribution >= 0.6 is 0 Å². The Labute approximate surface area is 126 Å². The molecule has 2 saturated heterocycles. The largest absolute Gasteiger partial charge is 0.341 e. The zero-order valence-corrected chi connectivity index (χ0v) is 13.2. The molecule has 0 aliphatic carbocycles. The van der Waals surface area contributed by atoms with Gasteiger partial charge in [-0.15, -0.1) is 0 Å². The van der Waals surface area contributed by atoms with Crippen LogP contribution in [-0.2, 0) is 10.0 Å². The summed E-state index contributed by atoms with van der Waals surface area (Å²) in [5.74, 6) is 1.94. The first kappa shape index (κ1) is 14.7. The highest BCUT2D eigenvalue weighted by Crippen LogP contribution is 2.33. The lowest BCUT2D eigenvalue weighted by Crippen LogP contribution is -2.38. The molecule has 0 aromatic carbocycles. The number of hydrogen-bond acceptors (Lipinski definition) is 5. The maximum Gasteiger partial charge on any atom is 0.225 e. The number of nitrogens with zero attached hydrogens (tertiary/aromatic N) is 4. The van der Waals surface area contributed by atoms with Gasteiger partial charge in [-0.05, 0) is 37.2 Å². The second-order valence-corrected chi connectivity index (χ2v) is 8.03. The molecule has 0 bridgehead atoms. The van der Waals surface area contributed by atoms with Crippen molar-refractivity contribution in [3.8, 4) is 0 Å². The fourth-order valence-electron chi connectivity index (χ4n) is 3.47. The van der Waals surface area contributed by atoms with Crippen molar-refractivity contribution < 1.29 is 8.42 Å². The van der Waals surface area contributed by atoms with Gasteiger partial charge in [0.2, 0.25) is 16.0 Å². The zero-order valence-electron chi connectivity index (χ0n) is 12.4. The molecule has 0 radical (unpaired) electrons. The molecule has 3 heterocycles. The van der Waals surface area contributed by atoms with E-state index in [1.54, 1.807) is 16.7 Å². The molecule has 2 fully saturated rings. The van der Waals surface area contributed by atoms with Gasteiger partial charge in [-0.1, -0.05) is 0 Å². The predicted octanol–water partition coefficient (Wildman–Crippen LogP) is 0.974. The van der Waals surface area contributed by atoms with Crippen LogP contribution in [0.3, 0.4) is 0 Å². The lowest BCUT2D eigenvalue weighted by molar-refractivity contribution is 0.282. The van der Waals surface area contributed by atoms with E-state index in [1.165, 1.54) is 6.26 Å². The molecule has 1 atom stereocenters. The van der Waals surface area contributed by atoms with Crippen LogP contribution in [0.4, 0.5) is 5.95 Å². The van der Waals surface area contributed by atoms with Crippen molar-refractivity contribution in [1.29, 1.82) is 0 Å². The van der Waals surface area contributed by atoms with Crippen LogP contribution in [-0.4, -0.2) is 55.1 Å². The van der Waals surface area contributed by atoms with E-state index in [9.17, 15) is 8.42 Å². The van der Waals surface area contributed by atoms with Gasteiger partial charge in [0, 0.05) is 38.6 Å². The first-order chi connectivity index (χ1) is 10.0. The summed E-state index contributed by atoms with van der Waals surface area (Å²) >= 11 is 0. The van der Waals surface area contributed by atoms with Crippen LogP contribution in [0.1, 0.15) is 19.3 Å². The van der Waals surface area contributed by atoms with Crippen LogP contribution in [0.15, 0.2) is 18.5 Å². The molecule has 3 rings (SSSR count). The summed E-state index contributed by atoms with van der Waals surface area (Å²) in [6, 6.07) is 1.83. The average molecular weight is 310 g/mol. The van der Waals surface area contributed by atoms with E-state index in [4.69, 9.17) is 0 Å². The SMILES string of the molecule is CS(=O)(=O)N1CC[C@H](C2CCN(c3ncccn3)CC2)C1. The number of hydrogen-bond donors (Lipinski definition) is 0. The van der Waals surface area contributed by atoms with Crippen LogP contribution in [0.5, 0.6) is 0 Å². The Morgan fingerprint density at radius 3 is 2.24 bits per heavy atom. The molecule has 0 unspecified atom stereocenters. The Hall–Kier alpha value is -1.21. The second kappa shape index (κ2) is 5.88. The highest BCUT2D eigenvalue weighted by molar-refractivity contribution is 7.88. The second-order valence-electron chi connectivity index (χ2n) is 6.04. The summed E-state index contributed by atoms with van der Waals surface area (Å²) in [4.78, 5) is 10.8. The van der Waals surface area contributed by atoms with Gasteiger partial charge < -0.3 is 4.90 Å².